The van der Waals surface area contributed by atoms with E-state index in [2.05, 4.69) is 13.0 Å². The molecule has 0 spiro atoms. The lowest BCUT2D eigenvalue weighted by molar-refractivity contribution is -0.140. The van der Waals surface area contributed by atoms with Gasteiger partial charge in [-0.05, 0) is 18.1 Å². The number of ether oxygens (including phenoxy) is 1. The van der Waals surface area contributed by atoms with E-state index >= 15 is 0 Å². The Morgan fingerprint density at radius 2 is 2.29 bits per heavy atom. The molecule has 1 aliphatic rings. The molecule has 1 aliphatic heterocycles. The van der Waals surface area contributed by atoms with Crippen LogP contribution in [0.2, 0.25) is 0 Å². The summed E-state index contributed by atoms with van der Waals surface area (Å²) < 4.78 is 5.72. The molecule has 92 valence electrons. The lowest BCUT2D eigenvalue weighted by atomic mass is 10.0. The number of aryl methyl sites for hydroxylation is 1. The molecule has 1 heterocycles. The number of aliphatic carboxylic acids is 1. The zero-order valence-electron chi connectivity index (χ0n) is 9.93. The van der Waals surface area contributed by atoms with Gasteiger partial charge in [0.25, 0.3) is 0 Å². The quantitative estimate of drug-likeness (QED) is 0.861. The Balaban J connectivity index is 2.07. The predicted octanol–water partition coefficient (Wildman–Crippen LogP) is 1.45. The molecule has 1 N–H and O–H groups in total. The number of rotatable bonds is 3. The number of hydrogen-bond donors (Lipinski definition) is 1. The van der Waals surface area contributed by atoms with Crippen LogP contribution in [0.1, 0.15) is 17.2 Å². The normalized spacial score (nSPS) is 21.4. The minimum atomic E-state index is -0.782. The Morgan fingerprint density at radius 1 is 1.53 bits per heavy atom. The lowest BCUT2D eigenvalue weighted by Crippen LogP contribution is -2.41. The first-order valence-electron chi connectivity index (χ1n) is 5.78. The van der Waals surface area contributed by atoms with Crippen LogP contribution in [0.25, 0.3) is 0 Å². The molecule has 1 aromatic rings. The lowest BCUT2D eigenvalue weighted by Gasteiger charge is -2.32. The third-order valence-electron chi connectivity index (χ3n) is 3.04. The average molecular weight is 235 g/mol. The highest BCUT2D eigenvalue weighted by Gasteiger charge is 2.23. The van der Waals surface area contributed by atoms with E-state index in [1.807, 2.05) is 23.1 Å². The second-order valence-electron chi connectivity index (χ2n) is 4.34. The Labute approximate surface area is 101 Å². The van der Waals surface area contributed by atoms with Gasteiger partial charge >= 0.3 is 5.97 Å². The topological polar surface area (TPSA) is 49.8 Å². The molecule has 1 saturated heterocycles. The third-order valence-corrected chi connectivity index (χ3v) is 3.04. The van der Waals surface area contributed by atoms with Gasteiger partial charge in [-0.25, -0.2) is 0 Å². The molecule has 17 heavy (non-hydrogen) atoms. The first kappa shape index (κ1) is 12.1. The van der Waals surface area contributed by atoms with Crippen molar-refractivity contribution in [2.45, 2.75) is 13.0 Å². The molecule has 0 aliphatic carbocycles. The summed E-state index contributed by atoms with van der Waals surface area (Å²) in [5.41, 5.74) is 2.34. The minimum absolute atomic E-state index is 0.00991. The SMILES string of the molecule is Cc1ccccc1[C@H]1CN(CC(=O)O)CCO1. The van der Waals surface area contributed by atoms with Crippen LogP contribution in [0.3, 0.4) is 0 Å². The van der Waals surface area contributed by atoms with E-state index in [0.29, 0.717) is 19.7 Å². The summed E-state index contributed by atoms with van der Waals surface area (Å²) in [5.74, 6) is -0.782. The molecule has 1 atom stereocenters. The van der Waals surface area contributed by atoms with Crippen molar-refractivity contribution in [2.75, 3.05) is 26.2 Å². The van der Waals surface area contributed by atoms with Gasteiger partial charge < -0.3 is 9.84 Å². The van der Waals surface area contributed by atoms with Gasteiger partial charge in [0.1, 0.15) is 0 Å². The number of carboxylic acid groups (broad SMARTS) is 1. The minimum Gasteiger partial charge on any atom is -0.480 e. The monoisotopic (exact) mass is 235 g/mol. The van der Waals surface area contributed by atoms with Crippen molar-refractivity contribution in [3.8, 4) is 0 Å². The van der Waals surface area contributed by atoms with Crippen molar-refractivity contribution in [3.05, 3.63) is 35.4 Å². The Bertz CT molecular complexity index is 405. The van der Waals surface area contributed by atoms with Gasteiger partial charge in [0.15, 0.2) is 0 Å². The fourth-order valence-corrected chi connectivity index (χ4v) is 2.17. The average Bonchev–Trinajstić information content (AvgIpc) is 2.29. The Kier molecular flexibility index (Phi) is 3.76. The molecule has 4 heteroatoms. The maximum Gasteiger partial charge on any atom is 0.317 e. The van der Waals surface area contributed by atoms with Crippen LogP contribution in [0.15, 0.2) is 24.3 Å². The smallest absolute Gasteiger partial charge is 0.317 e. The number of nitrogens with zero attached hydrogens (tertiary/aromatic N) is 1. The summed E-state index contributed by atoms with van der Waals surface area (Å²) in [7, 11) is 0. The number of carboxylic acids is 1. The van der Waals surface area contributed by atoms with Gasteiger partial charge in [0, 0.05) is 13.1 Å². The van der Waals surface area contributed by atoms with Crippen molar-refractivity contribution < 1.29 is 14.6 Å². The fourth-order valence-electron chi connectivity index (χ4n) is 2.17. The molecule has 0 bridgehead atoms. The molecule has 4 nitrogen and oxygen atoms in total. The molecule has 0 aromatic heterocycles. The first-order chi connectivity index (χ1) is 8.16. The molecule has 0 saturated carbocycles. The van der Waals surface area contributed by atoms with Gasteiger partial charge in [0.2, 0.25) is 0 Å². The predicted molar refractivity (Wildman–Crippen MR) is 63.9 cm³/mol. The Morgan fingerprint density at radius 3 is 3.00 bits per heavy atom. The van der Waals surface area contributed by atoms with E-state index in [4.69, 9.17) is 9.84 Å². The second-order valence-corrected chi connectivity index (χ2v) is 4.34. The van der Waals surface area contributed by atoms with E-state index in [-0.39, 0.29) is 12.6 Å². The van der Waals surface area contributed by atoms with Gasteiger partial charge in [0.05, 0.1) is 19.3 Å². The maximum absolute atomic E-state index is 10.7. The van der Waals surface area contributed by atoms with Crippen molar-refractivity contribution in [1.29, 1.82) is 0 Å². The van der Waals surface area contributed by atoms with E-state index in [1.165, 1.54) is 5.56 Å². The number of hydrogen-bond acceptors (Lipinski definition) is 3. The van der Waals surface area contributed by atoms with Crippen molar-refractivity contribution in [3.63, 3.8) is 0 Å². The van der Waals surface area contributed by atoms with Crippen molar-refractivity contribution in [1.82, 2.24) is 4.90 Å². The van der Waals surface area contributed by atoms with Crippen LogP contribution in [-0.2, 0) is 9.53 Å². The number of carbonyl (C=O) groups is 1. The molecule has 1 aromatic carbocycles. The molecule has 0 unspecified atom stereocenters. The zero-order valence-corrected chi connectivity index (χ0v) is 9.93. The van der Waals surface area contributed by atoms with Gasteiger partial charge in [-0.15, -0.1) is 0 Å². The summed E-state index contributed by atoms with van der Waals surface area (Å²) in [4.78, 5) is 12.6. The largest absolute Gasteiger partial charge is 0.480 e. The zero-order chi connectivity index (χ0) is 12.3. The van der Waals surface area contributed by atoms with Gasteiger partial charge in [-0.3, -0.25) is 9.69 Å². The molecular formula is C13H17NO3. The first-order valence-corrected chi connectivity index (χ1v) is 5.78. The van der Waals surface area contributed by atoms with Crippen LogP contribution in [0.4, 0.5) is 0 Å². The summed E-state index contributed by atoms with van der Waals surface area (Å²) in [5, 5.41) is 8.79. The van der Waals surface area contributed by atoms with Crippen LogP contribution in [-0.4, -0.2) is 42.2 Å². The van der Waals surface area contributed by atoms with E-state index in [1.54, 1.807) is 0 Å². The van der Waals surface area contributed by atoms with Crippen LogP contribution in [0, 0.1) is 6.92 Å². The molecule has 2 rings (SSSR count). The number of morpholine rings is 1. The second kappa shape index (κ2) is 5.29. The van der Waals surface area contributed by atoms with Crippen LogP contribution in [0.5, 0.6) is 0 Å². The van der Waals surface area contributed by atoms with Gasteiger partial charge in [-0.2, -0.15) is 0 Å². The molecule has 1 fully saturated rings. The van der Waals surface area contributed by atoms with E-state index in [0.717, 1.165) is 5.56 Å². The molecule has 0 radical (unpaired) electrons. The highest BCUT2D eigenvalue weighted by molar-refractivity contribution is 5.69. The standard InChI is InChI=1S/C13H17NO3/c1-10-4-2-3-5-11(10)12-8-14(6-7-17-12)9-13(15)16/h2-5,12H,6-9H2,1H3,(H,15,16)/t12-/m1/s1. The van der Waals surface area contributed by atoms with Crippen LogP contribution < -0.4 is 0 Å². The number of benzene rings is 1. The highest BCUT2D eigenvalue weighted by atomic mass is 16.5. The fraction of sp³-hybridized carbons (Fsp3) is 0.462. The third kappa shape index (κ3) is 3.05. The Hall–Kier alpha value is -1.39. The van der Waals surface area contributed by atoms with Gasteiger partial charge in [-0.1, -0.05) is 24.3 Å². The summed E-state index contributed by atoms with van der Waals surface area (Å²) in [6.45, 7) is 4.07. The molecular weight excluding hydrogens is 218 g/mol. The van der Waals surface area contributed by atoms with E-state index < -0.39 is 5.97 Å². The maximum atomic E-state index is 10.7. The van der Waals surface area contributed by atoms with Crippen LogP contribution >= 0.6 is 0 Å². The summed E-state index contributed by atoms with van der Waals surface area (Å²) >= 11 is 0. The molecule has 0 amide bonds. The van der Waals surface area contributed by atoms with E-state index in [9.17, 15) is 4.79 Å². The summed E-state index contributed by atoms with van der Waals surface area (Å²) in [6, 6.07) is 8.08. The summed E-state index contributed by atoms with van der Waals surface area (Å²) in [6.07, 6.45) is -0.00991. The highest BCUT2D eigenvalue weighted by Crippen LogP contribution is 2.24. The van der Waals surface area contributed by atoms with Crippen molar-refractivity contribution >= 4 is 5.97 Å². The van der Waals surface area contributed by atoms with Crippen molar-refractivity contribution in [2.24, 2.45) is 0 Å².